The first kappa shape index (κ1) is 13.8. The van der Waals surface area contributed by atoms with Gasteiger partial charge in [-0.25, -0.2) is 0 Å². The number of carbonyl (C=O) groups is 1. The zero-order chi connectivity index (χ0) is 13.3. The summed E-state index contributed by atoms with van der Waals surface area (Å²) in [5.41, 5.74) is 0. The van der Waals surface area contributed by atoms with Gasteiger partial charge in [0.15, 0.2) is 5.79 Å². The molecule has 0 bridgehead atoms. The predicted octanol–water partition coefficient (Wildman–Crippen LogP) is 1.09. The van der Waals surface area contributed by atoms with Gasteiger partial charge in [0, 0.05) is 12.5 Å². The van der Waals surface area contributed by atoms with Crippen LogP contribution in [0.25, 0.3) is 0 Å². The van der Waals surface area contributed by atoms with Crippen molar-refractivity contribution in [1.82, 2.24) is 0 Å². The van der Waals surface area contributed by atoms with Crippen LogP contribution in [0.5, 0.6) is 0 Å². The van der Waals surface area contributed by atoms with Gasteiger partial charge in [-0.1, -0.05) is 0 Å². The highest BCUT2D eigenvalue weighted by Gasteiger charge is 2.53. The molecule has 5 nitrogen and oxygen atoms in total. The Labute approximate surface area is 107 Å². The maximum absolute atomic E-state index is 11.6. The minimum absolute atomic E-state index is 0.0520. The Hall–Kier alpha value is -0.650. The van der Waals surface area contributed by atoms with Crippen LogP contribution in [-0.4, -0.2) is 42.3 Å². The molecule has 0 unspecified atom stereocenters. The Balaban J connectivity index is 2.02. The fraction of sp³-hybridized carbons (Fsp3) is 0.923. The fourth-order valence-electron chi connectivity index (χ4n) is 3.02. The van der Waals surface area contributed by atoms with Gasteiger partial charge in [-0.2, -0.15) is 0 Å². The molecule has 0 aromatic rings. The second kappa shape index (κ2) is 5.15. The molecule has 4 atom stereocenters. The fourth-order valence-corrected chi connectivity index (χ4v) is 3.02. The Morgan fingerprint density at radius 1 is 1.33 bits per heavy atom. The average Bonchev–Trinajstić information content (AvgIpc) is 2.74. The van der Waals surface area contributed by atoms with E-state index in [1.807, 2.05) is 13.8 Å². The van der Waals surface area contributed by atoms with Crippen molar-refractivity contribution in [2.75, 3.05) is 13.2 Å². The van der Waals surface area contributed by atoms with Gasteiger partial charge in [-0.3, -0.25) is 4.79 Å². The van der Waals surface area contributed by atoms with Gasteiger partial charge in [0.05, 0.1) is 25.2 Å². The van der Waals surface area contributed by atoms with Crippen LogP contribution >= 0.6 is 0 Å². The van der Waals surface area contributed by atoms with E-state index < -0.39 is 5.79 Å². The molecule has 1 saturated carbocycles. The van der Waals surface area contributed by atoms with Crippen molar-refractivity contribution in [3.8, 4) is 0 Å². The summed E-state index contributed by atoms with van der Waals surface area (Å²) in [6.45, 7) is 5.98. The van der Waals surface area contributed by atoms with Gasteiger partial charge >= 0.3 is 5.97 Å². The highest BCUT2D eigenvalue weighted by atomic mass is 16.8. The van der Waals surface area contributed by atoms with Gasteiger partial charge in [-0.05, 0) is 33.1 Å². The molecule has 0 spiro atoms. The maximum atomic E-state index is 11.6. The highest BCUT2D eigenvalue weighted by molar-refractivity contribution is 5.69. The van der Waals surface area contributed by atoms with Gasteiger partial charge in [0.25, 0.3) is 0 Å². The lowest BCUT2D eigenvalue weighted by Crippen LogP contribution is -2.27. The zero-order valence-corrected chi connectivity index (χ0v) is 11.2. The number of aliphatic hydroxyl groups is 1. The van der Waals surface area contributed by atoms with Crippen LogP contribution in [-0.2, 0) is 19.0 Å². The van der Waals surface area contributed by atoms with Crippen LogP contribution in [0, 0.1) is 11.8 Å². The largest absolute Gasteiger partial charge is 0.466 e. The van der Waals surface area contributed by atoms with Crippen molar-refractivity contribution in [1.29, 1.82) is 0 Å². The summed E-state index contributed by atoms with van der Waals surface area (Å²) in [6.07, 6.45) is 0.872. The van der Waals surface area contributed by atoms with Crippen LogP contribution in [0.1, 0.15) is 33.6 Å². The third-order valence-electron chi connectivity index (χ3n) is 3.67. The highest BCUT2D eigenvalue weighted by Crippen LogP contribution is 2.45. The Bertz CT molecular complexity index is 315. The number of carbonyl (C=O) groups excluding carboxylic acids is 1. The summed E-state index contributed by atoms with van der Waals surface area (Å²) >= 11 is 0. The summed E-state index contributed by atoms with van der Waals surface area (Å²) in [5, 5.41) is 9.39. The Morgan fingerprint density at radius 2 is 1.94 bits per heavy atom. The molecule has 18 heavy (non-hydrogen) atoms. The van der Waals surface area contributed by atoms with Crippen molar-refractivity contribution < 1.29 is 24.1 Å². The third-order valence-corrected chi connectivity index (χ3v) is 3.67. The number of rotatable bonds is 4. The van der Waals surface area contributed by atoms with Crippen molar-refractivity contribution in [3.05, 3.63) is 0 Å². The summed E-state index contributed by atoms with van der Waals surface area (Å²) in [4.78, 5) is 11.6. The van der Waals surface area contributed by atoms with E-state index in [1.165, 1.54) is 0 Å². The second-order valence-corrected chi connectivity index (χ2v) is 5.51. The normalized spacial score (nSPS) is 37.6. The molecular weight excluding hydrogens is 236 g/mol. The van der Waals surface area contributed by atoms with Crippen molar-refractivity contribution >= 4 is 5.97 Å². The lowest BCUT2D eigenvalue weighted by Gasteiger charge is -2.22. The van der Waals surface area contributed by atoms with Gasteiger partial charge < -0.3 is 19.3 Å². The standard InChI is InChI=1S/C13H22O5/c1-4-16-10(15)6-8-5-9(7-14)12-11(8)17-13(2,3)18-12/h8-9,11-12,14H,4-7H2,1-3H3/t8-,9+,11-,12+/m1/s1. The Kier molecular flexibility index (Phi) is 3.94. The smallest absolute Gasteiger partial charge is 0.306 e. The van der Waals surface area contributed by atoms with Crippen molar-refractivity contribution in [2.24, 2.45) is 11.8 Å². The summed E-state index contributed by atoms with van der Waals surface area (Å²) in [7, 11) is 0. The predicted molar refractivity (Wildman–Crippen MR) is 63.8 cm³/mol. The van der Waals surface area contributed by atoms with E-state index in [9.17, 15) is 9.90 Å². The third kappa shape index (κ3) is 2.68. The number of hydrogen-bond acceptors (Lipinski definition) is 5. The van der Waals surface area contributed by atoms with E-state index >= 15 is 0 Å². The topological polar surface area (TPSA) is 65.0 Å². The number of aliphatic hydroxyl groups excluding tert-OH is 1. The minimum atomic E-state index is -0.629. The average molecular weight is 258 g/mol. The molecule has 0 amide bonds. The molecular formula is C13H22O5. The molecule has 0 aromatic carbocycles. The molecule has 0 aromatic heterocycles. The molecule has 2 rings (SSSR count). The minimum Gasteiger partial charge on any atom is -0.466 e. The van der Waals surface area contributed by atoms with Gasteiger partial charge in [-0.15, -0.1) is 0 Å². The zero-order valence-electron chi connectivity index (χ0n) is 11.2. The van der Waals surface area contributed by atoms with Crippen molar-refractivity contribution in [2.45, 2.75) is 51.6 Å². The lowest BCUT2D eigenvalue weighted by atomic mass is 10.0. The van der Waals surface area contributed by atoms with Crippen LogP contribution in [0.2, 0.25) is 0 Å². The number of hydrogen-bond donors (Lipinski definition) is 1. The van der Waals surface area contributed by atoms with E-state index in [2.05, 4.69) is 0 Å². The van der Waals surface area contributed by atoms with Crippen LogP contribution in [0.3, 0.4) is 0 Å². The summed E-state index contributed by atoms with van der Waals surface area (Å²) < 4.78 is 16.6. The van der Waals surface area contributed by atoms with E-state index in [0.29, 0.717) is 13.0 Å². The monoisotopic (exact) mass is 258 g/mol. The molecule has 1 saturated heterocycles. The molecule has 1 heterocycles. The van der Waals surface area contributed by atoms with Crippen molar-refractivity contribution in [3.63, 3.8) is 0 Å². The first-order valence-electron chi connectivity index (χ1n) is 6.59. The molecule has 2 aliphatic rings. The molecule has 2 fully saturated rings. The lowest BCUT2D eigenvalue weighted by molar-refractivity contribution is -0.166. The first-order valence-corrected chi connectivity index (χ1v) is 6.59. The molecule has 5 heteroatoms. The Morgan fingerprint density at radius 3 is 2.50 bits per heavy atom. The number of ether oxygens (including phenoxy) is 3. The number of esters is 1. The SMILES string of the molecule is CCOC(=O)C[C@H]1C[C@@H](CO)[C@@H]2OC(C)(C)O[C@H]12. The molecule has 0 radical (unpaired) electrons. The van der Waals surface area contributed by atoms with Crippen LogP contribution in [0.15, 0.2) is 0 Å². The number of fused-ring (bicyclic) bond motifs is 1. The van der Waals surface area contributed by atoms with Gasteiger partial charge in [0.2, 0.25) is 0 Å². The second-order valence-electron chi connectivity index (χ2n) is 5.51. The van der Waals surface area contributed by atoms with E-state index in [4.69, 9.17) is 14.2 Å². The van der Waals surface area contributed by atoms with Crippen LogP contribution in [0.4, 0.5) is 0 Å². The van der Waals surface area contributed by atoms with Crippen LogP contribution < -0.4 is 0 Å². The van der Waals surface area contributed by atoms with Gasteiger partial charge in [0.1, 0.15) is 0 Å². The summed E-state index contributed by atoms with van der Waals surface area (Å²) in [5.74, 6) is -0.701. The molecule has 1 N–H and O–H groups in total. The van der Waals surface area contributed by atoms with E-state index in [0.717, 1.165) is 6.42 Å². The molecule has 104 valence electrons. The quantitative estimate of drug-likeness (QED) is 0.765. The molecule has 1 aliphatic heterocycles. The summed E-state index contributed by atoms with van der Waals surface area (Å²) in [6, 6.07) is 0. The maximum Gasteiger partial charge on any atom is 0.306 e. The van der Waals surface area contributed by atoms with E-state index in [-0.39, 0.29) is 36.6 Å². The first-order chi connectivity index (χ1) is 8.46. The molecule has 1 aliphatic carbocycles. The van der Waals surface area contributed by atoms with E-state index in [1.54, 1.807) is 6.92 Å².